The molecular formula is C19H17F6N3O2S. The van der Waals surface area contributed by atoms with Crippen LogP contribution >= 0.6 is 0 Å². The molecule has 1 saturated heterocycles. The number of nitrogens with zero attached hydrogens (tertiary/aromatic N) is 2. The summed E-state index contributed by atoms with van der Waals surface area (Å²) < 4.78 is 107. The zero-order chi connectivity index (χ0) is 22.8. The Labute approximate surface area is 173 Å². The lowest BCUT2D eigenvalue weighted by Crippen LogP contribution is -2.31. The monoisotopic (exact) mass is 465 g/mol. The topological polar surface area (TPSA) is 64.0 Å². The first kappa shape index (κ1) is 21.9. The van der Waals surface area contributed by atoms with Crippen LogP contribution in [-0.4, -0.2) is 37.3 Å². The van der Waals surface area contributed by atoms with Crippen LogP contribution in [0.15, 0.2) is 29.3 Å². The first-order valence-corrected chi connectivity index (χ1v) is 11.2. The molecule has 0 bridgehead atoms. The molecule has 4 rings (SSSR count). The van der Waals surface area contributed by atoms with Gasteiger partial charge < -0.3 is 9.88 Å². The van der Waals surface area contributed by atoms with E-state index in [4.69, 9.17) is 0 Å². The highest BCUT2D eigenvalue weighted by Crippen LogP contribution is 2.44. The fraction of sp³-hybridized carbons (Fsp3) is 0.421. The number of alkyl halides is 6. The summed E-state index contributed by atoms with van der Waals surface area (Å²) in [4.78, 5) is 2.88. The Morgan fingerprint density at radius 2 is 1.84 bits per heavy atom. The molecule has 0 spiro atoms. The molecule has 0 aliphatic carbocycles. The van der Waals surface area contributed by atoms with E-state index in [1.54, 1.807) is 4.57 Å². The second-order valence-corrected chi connectivity index (χ2v) is 9.52. The summed E-state index contributed by atoms with van der Waals surface area (Å²) in [6.45, 7) is 1.16. The molecule has 1 fully saturated rings. The van der Waals surface area contributed by atoms with E-state index in [1.807, 2.05) is 0 Å². The molecular weight excluding hydrogens is 448 g/mol. The lowest BCUT2D eigenvalue weighted by atomic mass is 10.1. The van der Waals surface area contributed by atoms with E-state index in [9.17, 15) is 34.8 Å². The van der Waals surface area contributed by atoms with Gasteiger partial charge in [-0.25, -0.2) is 13.4 Å². The van der Waals surface area contributed by atoms with Crippen LogP contribution < -0.4 is 5.32 Å². The molecule has 2 aromatic heterocycles. The van der Waals surface area contributed by atoms with Crippen molar-refractivity contribution in [3.63, 3.8) is 0 Å². The van der Waals surface area contributed by atoms with Gasteiger partial charge in [-0.05, 0) is 37.6 Å². The predicted molar refractivity (Wildman–Crippen MR) is 101 cm³/mol. The fourth-order valence-electron chi connectivity index (χ4n) is 4.17. The van der Waals surface area contributed by atoms with E-state index in [1.165, 1.54) is 0 Å². The SMILES string of the molecule is CS(=O)(=O)c1c(C(F)(F)F)ccc2c1c1cc(C(F)(F)F)cnc1n2C1CCCNC1. The Kier molecular flexibility index (Phi) is 5.00. The van der Waals surface area contributed by atoms with Crippen molar-refractivity contribution in [3.8, 4) is 0 Å². The Hall–Kier alpha value is -2.34. The van der Waals surface area contributed by atoms with E-state index >= 15 is 0 Å². The maximum atomic E-state index is 13.7. The van der Waals surface area contributed by atoms with Crippen LogP contribution in [0.1, 0.15) is 30.0 Å². The number of piperidine rings is 1. The molecule has 1 unspecified atom stereocenters. The second kappa shape index (κ2) is 7.09. The molecule has 12 heteroatoms. The number of benzene rings is 1. The van der Waals surface area contributed by atoms with Gasteiger partial charge in [-0.3, -0.25) is 0 Å². The quantitative estimate of drug-likeness (QED) is 0.564. The van der Waals surface area contributed by atoms with Crippen LogP contribution in [0.4, 0.5) is 26.3 Å². The van der Waals surface area contributed by atoms with Crippen LogP contribution in [0.5, 0.6) is 0 Å². The number of aromatic nitrogens is 2. The van der Waals surface area contributed by atoms with Crippen LogP contribution in [0.25, 0.3) is 21.9 Å². The molecule has 1 aromatic carbocycles. The van der Waals surface area contributed by atoms with Crippen molar-refractivity contribution in [1.82, 2.24) is 14.9 Å². The summed E-state index contributed by atoms with van der Waals surface area (Å²) in [7, 11) is -4.46. The van der Waals surface area contributed by atoms with Crippen molar-refractivity contribution in [3.05, 3.63) is 35.5 Å². The molecule has 1 N–H and O–H groups in total. The number of hydrogen-bond donors (Lipinski definition) is 1. The molecule has 168 valence electrons. The normalized spacial score (nSPS) is 18.7. The van der Waals surface area contributed by atoms with Gasteiger partial charge in [0.1, 0.15) is 5.65 Å². The minimum absolute atomic E-state index is 0.0147. The molecule has 1 atom stereocenters. The van der Waals surface area contributed by atoms with Crippen molar-refractivity contribution in [2.75, 3.05) is 19.3 Å². The highest BCUT2D eigenvalue weighted by molar-refractivity contribution is 7.91. The van der Waals surface area contributed by atoms with Gasteiger partial charge in [0, 0.05) is 35.8 Å². The van der Waals surface area contributed by atoms with Crippen LogP contribution in [0.2, 0.25) is 0 Å². The molecule has 0 saturated carbocycles. The van der Waals surface area contributed by atoms with Crippen molar-refractivity contribution >= 4 is 31.8 Å². The Morgan fingerprint density at radius 1 is 1.13 bits per heavy atom. The lowest BCUT2D eigenvalue weighted by Gasteiger charge is -2.26. The molecule has 0 radical (unpaired) electrons. The van der Waals surface area contributed by atoms with Gasteiger partial charge in [0.25, 0.3) is 0 Å². The Morgan fingerprint density at radius 3 is 2.39 bits per heavy atom. The summed E-state index contributed by atoms with van der Waals surface area (Å²) in [5, 5.41) is 2.47. The van der Waals surface area contributed by atoms with Crippen molar-refractivity contribution in [1.29, 1.82) is 0 Å². The van der Waals surface area contributed by atoms with Gasteiger partial charge in [-0.15, -0.1) is 0 Å². The van der Waals surface area contributed by atoms with Gasteiger partial charge in [-0.1, -0.05) is 0 Å². The van der Waals surface area contributed by atoms with Gasteiger partial charge >= 0.3 is 12.4 Å². The van der Waals surface area contributed by atoms with E-state index in [0.717, 1.165) is 19.0 Å². The Balaban J connectivity index is 2.21. The maximum absolute atomic E-state index is 13.7. The lowest BCUT2D eigenvalue weighted by molar-refractivity contribution is -0.140. The highest BCUT2D eigenvalue weighted by atomic mass is 32.2. The number of nitrogens with one attached hydrogen (secondary N) is 1. The zero-order valence-electron chi connectivity index (χ0n) is 16.1. The van der Waals surface area contributed by atoms with Crippen molar-refractivity contribution in [2.24, 2.45) is 0 Å². The Bertz CT molecular complexity index is 1270. The molecule has 1 aliphatic heterocycles. The average Bonchev–Trinajstić information content (AvgIpc) is 2.99. The molecule has 1 aliphatic rings. The minimum Gasteiger partial charge on any atom is -0.321 e. The number of rotatable bonds is 2. The minimum atomic E-state index is -5.01. The summed E-state index contributed by atoms with van der Waals surface area (Å²) in [5.74, 6) is 0. The number of sulfone groups is 1. The number of halogens is 6. The molecule has 3 heterocycles. The first-order chi connectivity index (χ1) is 14.3. The maximum Gasteiger partial charge on any atom is 0.417 e. The summed E-state index contributed by atoms with van der Waals surface area (Å²) in [5.41, 5.74) is -2.47. The number of pyridine rings is 1. The molecule has 3 aromatic rings. The van der Waals surface area contributed by atoms with Crippen LogP contribution in [0, 0.1) is 0 Å². The highest BCUT2D eigenvalue weighted by Gasteiger charge is 2.39. The number of hydrogen-bond acceptors (Lipinski definition) is 4. The van der Waals surface area contributed by atoms with Gasteiger partial charge in [0.2, 0.25) is 0 Å². The van der Waals surface area contributed by atoms with Gasteiger partial charge in [0.15, 0.2) is 9.84 Å². The summed E-state index contributed by atoms with van der Waals surface area (Å²) >= 11 is 0. The third kappa shape index (κ3) is 3.75. The largest absolute Gasteiger partial charge is 0.417 e. The van der Waals surface area contributed by atoms with E-state index in [2.05, 4.69) is 10.3 Å². The third-order valence-corrected chi connectivity index (χ3v) is 6.56. The smallest absolute Gasteiger partial charge is 0.321 e. The third-order valence-electron chi connectivity index (χ3n) is 5.40. The van der Waals surface area contributed by atoms with Crippen molar-refractivity contribution < 1.29 is 34.8 Å². The average molecular weight is 465 g/mol. The predicted octanol–water partition coefficient (Wildman–Crippen LogP) is 4.56. The van der Waals surface area contributed by atoms with Crippen molar-refractivity contribution in [2.45, 2.75) is 36.1 Å². The standard InChI is InChI=1S/C19H17F6N3O2S/c1-31(29,30)16-13(19(23,24)25)4-5-14-15(16)12-7-10(18(20,21)22)8-27-17(12)28(14)11-3-2-6-26-9-11/h4-5,7-8,11,26H,2-3,6,9H2,1H3. The first-order valence-electron chi connectivity index (χ1n) is 9.32. The van der Waals surface area contributed by atoms with Gasteiger partial charge in [-0.2, -0.15) is 26.3 Å². The van der Waals surface area contributed by atoms with Crippen LogP contribution in [-0.2, 0) is 22.2 Å². The van der Waals surface area contributed by atoms with E-state index in [0.29, 0.717) is 37.6 Å². The van der Waals surface area contributed by atoms with Gasteiger partial charge in [0.05, 0.1) is 21.5 Å². The summed E-state index contributed by atoms with van der Waals surface area (Å²) in [6.07, 6.45) is -7.23. The van der Waals surface area contributed by atoms with Crippen LogP contribution in [0.3, 0.4) is 0 Å². The van der Waals surface area contributed by atoms with E-state index < -0.39 is 43.6 Å². The van der Waals surface area contributed by atoms with E-state index in [-0.39, 0.29) is 22.6 Å². The molecule has 31 heavy (non-hydrogen) atoms. The summed E-state index contributed by atoms with van der Waals surface area (Å²) in [6, 6.07) is 2.14. The second-order valence-electron chi connectivity index (χ2n) is 7.57. The molecule has 0 amide bonds. The molecule has 5 nitrogen and oxygen atoms in total. The zero-order valence-corrected chi connectivity index (χ0v) is 16.9. The number of fused-ring (bicyclic) bond motifs is 3. The fourth-order valence-corrected chi connectivity index (χ4v) is 5.34.